The Morgan fingerprint density at radius 1 is 0.900 bits per heavy atom. The highest BCUT2D eigenvalue weighted by Crippen LogP contribution is 2.41. The maximum Gasteiger partial charge on any atom is 0.416 e. The van der Waals surface area contributed by atoms with Crippen LogP contribution >= 0.6 is 11.8 Å². The van der Waals surface area contributed by atoms with Crippen LogP contribution in [0.3, 0.4) is 0 Å². The van der Waals surface area contributed by atoms with Gasteiger partial charge in [0, 0.05) is 38.1 Å². The number of aryl methyl sites for hydroxylation is 1. The van der Waals surface area contributed by atoms with E-state index in [0.717, 1.165) is 48.6 Å². The first-order valence-corrected chi connectivity index (χ1v) is 14.7. The second-order valence-electron chi connectivity index (χ2n) is 11.5. The Bertz CT molecular complexity index is 1170. The molecule has 220 valence electrons. The highest BCUT2D eigenvalue weighted by atomic mass is 32.2. The van der Waals surface area contributed by atoms with Gasteiger partial charge in [-0.3, -0.25) is 9.69 Å². The average molecular weight is 587 g/mol. The molecule has 2 atom stereocenters. The Labute approximate surface area is 236 Å². The van der Waals surface area contributed by atoms with Crippen LogP contribution in [0.2, 0.25) is 0 Å². The Morgan fingerprint density at radius 3 is 2.00 bits per heavy atom. The van der Waals surface area contributed by atoms with Gasteiger partial charge in [0.25, 0.3) is 0 Å². The lowest BCUT2D eigenvalue weighted by molar-refractivity contribution is -0.144. The molecule has 0 aliphatic carbocycles. The highest BCUT2D eigenvalue weighted by molar-refractivity contribution is 7.99. The van der Waals surface area contributed by atoms with E-state index in [2.05, 4.69) is 11.0 Å². The number of likely N-dealkylation sites (tertiary alicyclic amines) is 1. The first-order chi connectivity index (χ1) is 18.6. The predicted octanol–water partition coefficient (Wildman–Crippen LogP) is 7.52. The first kappa shape index (κ1) is 30.8. The van der Waals surface area contributed by atoms with Crippen LogP contribution in [0.15, 0.2) is 42.5 Å². The number of nitrogens with zero attached hydrogens (tertiary/aromatic N) is 2. The molecule has 2 heterocycles. The van der Waals surface area contributed by atoms with Gasteiger partial charge in [0.1, 0.15) is 0 Å². The molecule has 0 bridgehead atoms. The fourth-order valence-corrected chi connectivity index (χ4v) is 7.23. The molecule has 0 aromatic heterocycles. The molecule has 4 rings (SSSR count). The van der Waals surface area contributed by atoms with Crippen molar-refractivity contribution in [2.75, 3.05) is 31.6 Å². The van der Waals surface area contributed by atoms with Gasteiger partial charge in [0.15, 0.2) is 0 Å². The minimum atomic E-state index is -4.98. The van der Waals surface area contributed by atoms with Gasteiger partial charge in [0.2, 0.25) is 5.91 Å². The van der Waals surface area contributed by atoms with Crippen LogP contribution in [-0.2, 0) is 22.6 Å². The van der Waals surface area contributed by atoms with Crippen molar-refractivity contribution in [3.05, 3.63) is 70.3 Å². The van der Waals surface area contributed by atoms with Gasteiger partial charge >= 0.3 is 12.4 Å². The van der Waals surface area contributed by atoms with E-state index in [0.29, 0.717) is 24.6 Å². The Morgan fingerprint density at radius 2 is 1.45 bits per heavy atom. The molecule has 0 radical (unpaired) electrons. The summed E-state index contributed by atoms with van der Waals surface area (Å²) < 4.78 is 81.4. The summed E-state index contributed by atoms with van der Waals surface area (Å²) >= 11 is 1.96. The largest absolute Gasteiger partial charge is 0.416 e. The summed E-state index contributed by atoms with van der Waals surface area (Å²) in [6.45, 7) is 6.35. The van der Waals surface area contributed by atoms with Crippen LogP contribution in [0.25, 0.3) is 0 Å². The molecular weight excluding hydrogens is 550 g/mol. The summed E-state index contributed by atoms with van der Waals surface area (Å²) in [5, 5.41) is 0. The molecule has 0 unspecified atom stereocenters. The first-order valence-electron chi connectivity index (χ1n) is 13.5. The highest BCUT2D eigenvalue weighted by Gasteiger charge is 2.44. The fraction of sp³-hybridized carbons (Fsp3) is 0.567. The summed E-state index contributed by atoms with van der Waals surface area (Å²) in [6.07, 6.45) is -7.09. The van der Waals surface area contributed by atoms with E-state index in [1.807, 2.05) is 36.9 Å². The molecule has 0 spiro atoms. The van der Waals surface area contributed by atoms with E-state index in [-0.39, 0.29) is 23.6 Å². The second kappa shape index (κ2) is 11.6. The van der Waals surface area contributed by atoms with Gasteiger partial charge in [0.05, 0.1) is 16.5 Å². The number of alkyl halides is 6. The van der Waals surface area contributed by atoms with Gasteiger partial charge < -0.3 is 4.90 Å². The number of likely N-dealkylation sites (N-methyl/N-ethyl adjacent to an activating group) is 1. The molecule has 2 aromatic rings. The topological polar surface area (TPSA) is 23.6 Å². The summed E-state index contributed by atoms with van der Waals surface area (Å²) in [5.41, 5.74) is -2.57. The van der Waals surface area contributed by atoms with Gasteiger partial charge in [-0.15, -0.1) is 0 Å². The predicted molar refractivity (Wildman–Crippen MR) is 146 cm³/mol. The van der Waals surface area contributed by atoms with Crippen molar-refractivity contribution in [2.24, 2.45) is 0 Å². The fourth-order valence-electron chi connectivity index (χ4n) is 6.15. The summed E-state index contributed by atoms with van der Waals surface area (Å²) in [4.78, 5) is 18.0. The maximum absolute atomic E-state index is 14.0. The number of benzene rings is 2. The van der Waals surface area contributed by atoms with Crippen LogP contribution in [-0.4, -0.2) is 59.4 Å². The van der Waals surface area contributed by atoms with Gasteiger partial charge in [-0.1, -0.05) is 24.3 Å². The minimum Gasteiger partial charge on any atom is -0.341 e. The van der Waals surface area contributed by atoms with Crippen molar-refractivity contribution < 1.29 is 31.1 Å². The normalized spacial score (nSPS) is 21.9. The van der Waals surface area contributed by atoms with Crippen LogP contribution < -0.4 is 0 Å². The number of rotatable bonds is 5. The molecule has 0 saturated carbocycles. The number of hydrogen-bond donors (Lipinski definition) is 0. The lowest BCUT2D eigenvalue weighted by Crippen LogP contribution is -2.55. The number of thioether (sulfide) groups is 1. The van der Waals surface area contributed by atoms with Crippen LogP contribution in [0.1, 0.15) is 66.8 Å². The molecule has 2 saturated heterocycles. The third kappa shape index (κ3) is 6.48. The van der Waals surface area contributed by atoms with E-state index in [1.54, 1.807) is 11.9 Å². The molecule has 10 heteroatoms. The zero-order chi connectivity index (χ0) is 29.5. The van der Waals surface area contributed by atoms with Crippen molar-refractivity contribution in [2.45, 2.75) is 75.8 Å². The standard InChI is InChI=1S/C30H36F6N2OS/c1-19-7-5-6-8-24(19)25-18-38(23-10-13-40-14-11-23)12-9-26(25)37(4)27(39)28(2,3)20-15-21(29(31,32)33)17-22(16-20)30(34,35)36/h5-8,15-17,23,25-26H,9-14,18H2,1-4H3/t25-,26+/m0/s1. The van der Waals surface area contributed by atoms with Gasteiger partial charge in [-0.2, -0.15) is 38.1 Å². The SMILES string of the molecule is Cc1ccccc1[C@@H]1CN(C2CCSCC2)CC[C@H]1N(C)C(=O)C(C)(C)c1cc(C(F)(F)F)cc(C(F)(F)F)c1. The van der Waals surface area contributed by atoms with Crippen molar-refractivity contribution in [3.63, 3.8) is 0 Å². The third-order valence-electron chi connectivity index (χ3n) is 8.56. The lowest BCUT2D eigenvalue weighted by Gasteiger charge is -2.47. The number of carbonyl (C=O) groups excluding carboxylic acids is 1. The van der Waals surface area contributed by atoms with Crippen LogP contribution in [0.4, 0.5) is 26.3 Å². The van der Waals surface area contributed by atoms with Crippen LogP contribution in [0, 0.1) is 6.92 Å². The van der Waals surface area contributed by atoms with E-state index < -0.39 is 34.8 Å². The minimum absolute atomic E-state index is 0.0403. The van der Waals surface area contributed by atoms with Crippen molar-refractivity contribution in [1.29, 1.82) is 0 Å². The molecule has 2 fully saturated rings. The molecule has 2 aromatic carbocycles. The maximum atomic E-state index is 14.0. The number of carbonyl (C=O) groups is 1. The van der Waals surface area contributed by atoms with Crippen molar-refractivity contribution in [1.82, 2.24) is 9.80 Å². The van der Waals surface area contributed by atoms with Crippen molar-refractivity contribution >= 4 is 17.7 Å². The third-order valence-corrected chi connectivity index (χ3v) is 9.61. The molecular formula is C30H36F6N2OS. The quantitative estimate of drug-likeness (QED) is 0.339. The molecule has 2 aliphatic rings. The molecule has 40 heavy (non-hydrogen) atoms. The van der Waals surface area contributed by atoms with Gasteiger partial charge in [-0.25, -0.2) is 0 Å². The zero-order valence-corrected chi connectivity index (χ0v) is 24.0. The number of piperidine rings is 1. The lowest BCUT2D eigenvalue weighted by atomic mass is 9.78. The summed E-state index contributed by atoms with van der Waals surface area (Å²) in [5.74, 6) is 1.68. The summed E-state index contributed by atoms with van der Waals surface area (Å²) in [6, 6.07) is 9.65. The summed E-state index contributed by atoms with van der Waals surface area (Å²) in [7, 11) is 1.63. The van der Waals surface area contributed by atoms with E-state index >= 15 is 0 Å². The number of halogens is 6. The molecule has 2 aliphatic heterocycles. The monoisotopic (exact) mass is 586 g/mol. The molecule has 3 nitrogen and oxygen atoms in total. The second-order valence-corrected chi connectivity index (χ2v) is 12.7. The van der Waals surface area contributed by atoms with Gasteiger partial charge in [-0.05, 0) is 86.4 Å². The average Bonchev–Trinajstić information content (AvgIpc) is 2.91. The Hall–Kier alpha value is -2.20. The van der Waals surface area contributed by atoms with E-state index in [4.69, 9.17) is 0 Å². The number of amides is 1. The van der Waals surface area contributed by atoms with E-state index in [1.165, 1.54) is 13.8 Å². The van der Waals surface area contributed by atoms with Crippen molar-refractivity contribution in [3.8, 4) is 0 Å². The molecule has 1 amide bonds. The Kier molecular flexibility index (Phi) is 8.91. The molecule has 0 N–H and O–H groups in total. The Balaban J connectivity index is 1.68. The zero-order valence-electron chi connectivity index (χ0n) is 23.2. The smallest absolute Gasteiger partial charge is 0.341 e. The van der Waals surface area contributed by atoms with Crippen LogP contribution in [0.5, 0.6) is 0 Å². The van der Waals surface area contributed by atoms with E-state index in [9.17, 15) is 31.1 Å². The number of hydrogen-bond acceptors (Lipinski definition) is 3.